The van der Waals surface area contributed by atoms with Gasteiger partial charge in [-0.2, -0.15) is 0 Å². The highest BCUT2D eigenvalue weighted by Crippen LogP contribution is 2.18. The van der Waals surface area contributed by atoms with Gasteiger partial charge in [0.15, 0.2) is 6.40 Å². The van der Waals surface area contributed by atoms with Gasteiger partial charge in [-0.3, -0.25) is 0 Å². The summed E-state index contributed by atoms with van der Waals surface area (Å²) < 4.78 is 5.16. The second-order valence-corrected chi connectivity index (χ2v) is 3.28. The van der Waals surface area contributed by atoms with Crippen molar-refractivity contribution >= 4 is 6.40 Å². The average Bonchev–Trinajstić information content (AvgIpc) is 1.85. The highest BCUT2D eigenvalue weighted by atomic mass is 16.5. The molecule has 0 radical (unpaired) electrons. The predicted octanol–water partition coefficient (Wildman–Crippen LogP) is 1.26. The van der Waals surface area contributed by atoms with Crippen molar-refractivity contribution < 1.29 is 4.74 Å². The second kappa shape index (κ2) is 2.66. The zero-order valence-electron chi connectivity index (χ0n) is 7.16. The molecule has 0 saturated carbocycles. The predicted molar refractivity (Wildman–Crippen MR) is 45.1 cm³/mol. The maximum absolute atomic E-state index is 5.75. The highest BCUT2D eigenvalue weighted by Gasteiger charge is 2.19. The molecule has 0 amide bonds. The number of nitrogens with zero attached hydrogens (tertiary/aromatic N) is 1. The summed E-state index contributed by atoms with van der Waals surface area (Å²) >= 11 is 0. The van der Waals surface area contributed by atoms with Crippen LogP contribution in [0.4, 0.5) is 0 Å². The van der Waals surface area contributed by atoms with Crippen LogP contribution < -0.4 is 5.73 Å². The molecule has 1 atom stereocenters. The summed E-state index contributed by atoms with van der Waals surface area (Å²) in [4.78, 5) is 3.95. The zero-order chi connectivity index (χ0) is 8.48. The minimum Gasteiger partial charge on any atom is -0.450 e. The van der Waals surface area contributed by atoms with Gasteiger partial charge in [0.25, 0.3) is 0 Å². The lowest BCUT2D eigenvalue weighted by Crippen LogP contribution is -2.34. The Labute approximate surface area is 66.9 Å². The first-order valence-corrected chi connectivity index (χ1v) is 3.73. The largest absolute Gasteiger partial charge is 0.450 e. The third-order valence-electron chi connectivity index (χ3n) is 1.52. The molecular formula is C8H14N2O. The first-order valence-electron chi connectivity index (χ1n) is 3.73. The Hall–Kier alpha value is -0.830. The van der Waals surface area contributed by atoms with Crippen molar-refractivity contribution in [3.63, 3.8) is 0 Å². The van der Waals surface area contributed by atoms with Crippen LogP contribution in [0.1, 0.15) is 20.8 Å². The standard InChI is InChI=1S/C8H14N2O/c1-6(2)7-4-8(3,9)10-5-11-7/h4-6H,9H2,1-3H3. The molecule has 1 heterocycles. The fourth-order valence-electron chi connectivity index (χ4n) is 0.863. The van der Waals surface area contributed by atoms with E-state index in [4.69, 9.17) is 10.5 Å². The van der Waals surface area contributed by atoms with Crippen LogP contribution in [0.15, 0.2) is 16.8 Å². The van der Waals surface area contributed by atoms with E-state index in [0.29, 0.717) is 5.92 Å². The molecule has 0 aliphatic carbocycles. The monoisotopic (exact) mass is 154 g/mol. The number of ether oxygens (including phenoxy) is 1. The van der Waals surface area contributed by atoms with E-state index in [1.165, 1.54) is 6.40 Å². The number of nitrogens with two attached hydrogens (primary N) is 1. The molecule has 0 bridgehead atoms. The van der Waals surface area contributed by atoms with Gasteiger partial charge in [-0.15, -0.1) is 0 Å². The van der Waals surface area contributed by atoms with Gasteiger partial charge in [-0.1, -0.05) is 13.8 Å². The van der Waals surface area contributed by atoms with E-state index in [9.17, 15) is 0 Å². The Balaban J connectivity index is 2.78. The first kappa shape index (κ1) is 8.27. The topological polar surface area (TPSA) is 47.6 Å². The van der Waals surface area contributed by atoms with Crippen LogP contribution in [0.2, 0.25) is 0 Å². The number of allylic oxidation sites excluding steroid dienone is 1. The van der Waals surface area contributed by atoms with E-state index in [0.717, 1.165) is 5.76 Å². The Morgan fingerprint density at radius 3 is 2.64 bits per heavy atom. The molecule has 3 heteroatoms. The van der Waals surface area contributed by atoms with Crippen LogP contribution in [0.3, 0.4) is 0 Å². The lowest BCUT2D eigenvalue weighted by Gasteiger charge is -2.22. The lowest BCUT2D eigenvalue weighted by atomic mass is 10.1. The molecule has 1 rings (SSSR count). The molecule has 0 spiro atoms. The van der Waals surface area contributed by atoms with Gasteiger partial charge >= 0.3 is 0 Å². The summed E-state index contributed by atoms with van der Waals surface area (Å²) in [5.74, 6) is 1.26. The Kier molecular flexibility index (Phi) is 2.00. The zero-order valence-corrected chi connectivity index (χ0v) is 7.16. The number of hydrogen-bond donors (Lipinski definition) is 1. The Morgan fingerprint density at radius 2 is 2.27 bits per heavy atom. The van der Waals surface area contributed by atoms with Crippen molar-refractivity contribution in [1.82, 2.24) is 0 Å². The van der Waals surface area contributed by atoms with Gasteiger partial charge in [0.1, 0.15) is 11.4 Å². The highest BCUT2D eigenvalue weighted by molar-refractivity contribution is 5.52. The first-order chi connectivity index (χ1) is 5.01. The summed E-state index contributed by atoms with van der Waals surface area (Å²) in [6.45, 7) is 5.95. The average molecular weight is 154 g/mol. The second-order valence-electron chi connectivity index (χ2n) is 3.28. The van der Waals surface area contributed by atoms with E-state index < -0.39 is 5.66 Å². The van der Waals surface area contributed by atoms with Gasteiger partial charge in [-0.05, 0) is 13.0 Å². The third kappa shape index (κ3) is 2.05. The molecule has 1 unspecified atom stereocenters. The van der Waals surface area contributed by atoms with E-state index in [1.54, 1.807) is 0 Å². The van der Waals surface area contributed by atoms with E-state index in [2.05, 4.69) is 18.8 Å². The third-order valence-corrected chi connectivity index (χ3v) is 1.52. The van der Waals surface area contributed by atoms with Gasteiger partial charge in [0.05, 0.1) is 0 Å². The fourth-order valence-corrected chi connectivity index (χ4v) is 0.863. The van der Waals surface area contributed by atoms with Gasteiger partial charge < -0.3 is 10.5 Å². The van der Waals surface area contributed by atoms with Crippen LogP contribution in [-0.2, 0) is 4.74 Å². The van der Waals surface area contributed by atoms with Crippen molar-refractivity contribution in [2.75, 3.05) is 0 Å². The van der Waals surface area contributed by atoms with Crippen molar-refractivity contribution in [3.05, 3.63) is 11.8 Å². The number of rotatable bonds is 1. The minimum absolute atomic E-state index is 0.365. The van der Waals surface area contributed by atoms with Crippen molar-refractivity contribution in [2.24, 2.45) is 16.6 Å². The summed E-state index contributed by atoms with van der Waals surface area (Å²) in [6.07, 6.45) is 3.26. The van der Waals surface area contributed by atoms with Crippen molar-refractivity contribution in [3.8, 4) is 0 Å². The molecule has 1 aliphatic heterocycles. The normalized spacial score (nSPS) is 30.1. The van der Waals surface area contributed by atoms with Crippen LogP contribution >= 0.6 is 0 Å². The molecule has 3 nitrogen and oxygen atoms in total. The van der Waals surface area contributed by atoms with Crippen LogP contribution in [0.25, 0.3) is 0 Å². The molecule has 0 aromatic carbocycles. The van der Waals surface area contributed by atoms with Crippen LogP contribution in [0.5, 0.6) is 0 Å². The Bertz CT molecular complexity index is 204. The summed E-state index contributed by atoms with van der Waals surface area (Å²) in [7, 11) is 0. The van der Waals surface area contributed by atoms with Crippen LogP contribution in [0, 0.1) is 5.92 Å². The molecule has 2 N–H and O–H groups in total. The maximum atomic E-state index is 5.75. The number of aliphatic imine (C=N–C) groups is 1. The molecule has 0 saturated heterocycles. The van der Waals surface area contributed by atoms with Crippen molar-refractivity contribution in [1.29, 1.82) is 0 Å². The van der Waals surface area contributed by atoms with Crippen LogP contribution in [-0.4, -0.2) is 12.1 Å². The SMILES string of the molecule is CC(C)C1=CC(C)(N)N=CO1. The number of hydrogen-bond acceptors (Lipinski definition) is 3. The molecule has 0 aromatic rings. The van der Waals surface area contributed by atoms with Gasteiger partial charge in [-0.25, -0.2) is 4.99 Å². The maximum Gasteiger partial charge on any atom is 0.178 e. The summed E-state index contributed by atoms with van der Waals surface area (Å²) in [5, 5.41) is 0. The molecule has 11 heavy (non-hydrogen) atoms. The van der Waals surface area contributed by atoms with Gasteiger partial charge in [0.2, 0.25) is 0 Å². The fraction of sp³-hybridized carbons (Fsp3) is 0.625. The molecule has 0 fully saturated rings. The smallest absolute Gasteiger partial charge is 0.178 e. The molecule has 1 aliphatic rings. The van der Waals surface area contributed by atoms with Gasteiger partial charge in [0, 0.05) is 5.92 Å². The van der Waals surface area contributed by atoms with E-state index in [-0.39, 0.29) is 0 Å². The molecule has 62 valence electrons. The Morgan fingerprint density at radius 1 is 1.64 bits per heavy atom. The summed E-state index contributed by atoms with van der Waals surface area (Å²) in [5.41, 5.74) is 5.17. The summed E-state index contributed by atoms with van der Waals surface area (Å²) in [6, 6.07) is 0. The molecule has 0 aromatic heterocycles. The lowest BCUT2D eigenvalue weighted by molar-refractivity contribution is 0.340. The van der Waals surface area contributed by atoms with E-state index >= 15 is 0 Å². The van der Waals surface area contributed by atoms with Crippen molar-refractivity contribution in [2.45, 2.75) is 26.4 Å². The van der Waals surface area contributed by atoms with E-state index in [1.807, 2.05) is 13.0 Å². The quantitative estimate of drug-likeness (QED) is 0.618. The minimum atomic E-state index is -0.585. The molecular weight excluding hydrogens is 140 g/mol.